The van der Waals surface area contributed by atoms with Crippen molar-refractivity contribution in [2.24, 2.45) is 0 Å². The van der Waals surface area contributed by atoms with Gasteiger partial charge >= 0.3 is 0 Å². The van der Waals surface area contributed by atoms with E-state index in [1.54, 1.807) is 18.5 Å². The molecule has 0 radical (unpaired) electrons. The molecule has 0 unspecified atom stereocenters. The van der Waals surface area contributed by atoms with E-state index in [0.29, 0.717) is 6.04 Å². The first-order valence-electron chi connectivity index (χ1n) is 11.7. The smallest absolute Gasteiger partial charge is 0.248 e. The molecule has 0 saturated carbocycles. The molecule has 0 bridgehead atoms. The number of H-pyrrole nitrogens is 1. The first-order chi connectivity index (χ1) is 16.3. The Balaban J connectivity index is 0.000000161. The number of rotatable bonds is 3. The summed E-state index contributed by atoms with van der Waals surface area (Å²) in [5, 5.41) is 0.878. The Kier molecular flexibility index (Phi) is 7.39. The van der Waals surface area contributed by atoms with E-state index in [1.807, 2.05) is 41.8 Å². The maximum Gasteiger partial charge on any atom is 0.248 e. The average molecular weight is 478 g/mol. The summed E-state index contributed by atoms with van der Waals surface area (Å²) in [5.74, 6) is 0. The lowest BCUT2D eigenvalue weighted by Crippen LogP contribution is -2.49. The van der Waals surface area contributed by atoms with Crippen LogP contribution in [0, 0.1) is 13.8 Å². The van der Waals surface area contributed by atoms with Gasteiger partial charge in [-0.15, -0.1) is 0 Å². The fourth-order valence-electron chi connectivity index (χ4n) is 4.34. The summed E-state index contributed by atoms with van der Waals surface area (Å²) in [6, 6.07) is 14.4. The Bertz CT molecular complexity index is 1320. The van der Waals surface area contributed by atoms with E-state index >= 15 is 0 Å². The molecule has 178 valence electrons. The maximum absolute atomic E-state index is 11.3. The second-order valence-corrected chi connectivity index (χ2v) is 9.44. The zero-order valence-electron chi connectivity index (χ0n) is 20.3. The van der Waals surface area contributed by atoms with Crippen molar-refractivity contribution >= 4 is 22.9 Å². The van der Waals surface area contributed by atoms with Crippen molar-refractivity contribution in [3.05, 3.63) is 87.6 Å². The van der Waals surface area contributed by atoms with Crippen molar-refractivity contribution in [1.29, 1.82) is 0 Å². The van der Waals surface area contributed by atoms with Crippen LogP contribution >= 0.6 is 11.6 Å². The SMILES string of the molecule is Cc1ccc(-c2cc[nH]c(=O)c2)n2ccnc12.Cc1ccc(N2CCN(C(C)C)CC2)c(Cl)c1. The minimum absolute atomic E-state index is 0.101. The number of benzene rings is 1. The van der Waals surface area contributed by atoms with E-state index in [1.165, 1.54) is 11.3 Å². The van der Waals surface area contributed by atoms with Gasteiger partial charge in [-0.1, -0.05) is 23.7 Å². The van der Waals surface area contributed by atoms with Gasteiger partial charge < -0.3 is 9.88 Å². The highest BCUT2D eigenvalue weighted by molar-refractivity contribution is 6.33. The van der Waals surface area contributed by atoms with Crippen LogP contribution in [-0.4, -0.2) is 51.5 Å². The third kappa shape index (κ3) is 5.34. The quantitative estimate of drug-likeness (QED) is 0.442. The molecule has 0 aliphatic carbocycles. The molecule has 4 heterocycles. The highest BCUT2D eigenvalue weighted by Gasteiger charge is 2.20. The number of pyridine rings is 2. The summed E-state index contributed by atoms with van der Waals surface area (Å²) in [6.45, 7) is 13.0. The number of hydrogen-bond donors (Lipinski definition) is 1. The second kappa shape index (κ2) is 10.5. The minimum atomic E-state index is -0.101. The van der Waals surface area contributed by atoms with Gasteiger partial charge in [0.1, 0.15) is 5.65 Å². The normalized spacial score (nSPS) is 14.4. The lowest BCUT2D eigenvalue weighted by atomic mass is 10.1. The van der Waals surface area contributed by atoms with E-state index in [9.17, 15) is 4.79 Å². The van der Waals surface area contributed by atoms with Crippen LogP contribution in [0.3, 0.4) is 0 Å². The number of hydrogen-bond acceptors (Lipinski definition) is 4. The van der Waals surface area contributed by atoms with E-state index in [-0.39, 0.29) is 5.56 Å². The zero-order chi connectivity index (χ0) is 24.2. The van der Waals surface area contributed by atoms with Gasteiger partial charge in [0.2, 0.25) is 5.56 Å². The molecule has 34 heavy (non-hydrogen) atoms. The van der Waals surface area contributed by atoms with Crippen LogP contribution in [0.15, 0.2) is 65.8 Å². The summed E-state index contributed by atoms with van der Waals surface area (Å²) < 4.78 is 1.99. The van der Waals surface area contributed by atoms with Gasteiger partial charge in [0, 0.05) is 62.4 Å². The first kappa shape index (κ1) is 24.0. The molecule has 1 fully saturated rings. The molecule has 1 aliphatic rings. The molecular weight excluding hydrogens is 446 g/mol. The van der Waals surface area contributed by atoms with Gasteiger partial charge in [-0.3, -0.25) is 14.1 Å². The highest BCUT2D eigenvalue weighted by Crippen LogP contribution is 2.27. The molecule has 1 aliphatic heterocycles. The third-order valence-electron chi connectivity index (χ3n) is 6.30. The number of piperazine rings is 1. The van der Waals surface area contributed by atoms with E-state index in [0.717, 1.165) is 53.7 Å². The van der Waals surface area contributed by atoms with Crippen LogP contribution in [0.25, 0.3) is 16.9 Å². The van der Waals surface area contributed by atoms with Crippen molar-refractivity contribution in [1.82, 2.24) is 19.3 Å². The first-order valence-corrected chi connectivity index (χ1v) is 12.1. The van der Waals surface area contributed by atoms with Gasteiger partial charge in [-0.25, -0.2) is 4.98 Å². The molecule has 4 aromatic rings. The molecule has 1 N–H and O–H groups in total. The standard InChI is InChI=1S/C14H21ClN2.C13H11N3O/c1-11(2)16-6-8-17(9-7-16)14-5-4-12(3)10-13(14)15;1-9-2-3-11(16-7-6-15-13(9)16)10-4-5-14-12(17)8-10/h4-5,10-11H,6-9H2,1-3H3;2-8H,1H3,(H,14,17). The average Bonchev–Trinajstić information content (AvgIpc) is 3.31. The molecule has 0 atom stereocenters. The van der Waals surface area contributed by atoms with Crippen LogP contribution in [0.2, 0.25) is 5.02 Å². The number of imidazole rings is 1. The zero-order valence-corrected chi connectivity index (χ0v) is 21.0. The van der Waals surface area contributed by atoms with Crippen molar-refractivity contribution in [3.63, 3.8) is 0 Å². The maximum atomic E-state index is 11.3. The Morgan fingerprint density at radius 2 is 1.76 bits per heavy atom. The number of halogens is 1. The summed E-state index contributed by atoms with van der Waals surface area (Å²) >= 11 is 6.31. The molecule has 0 spiro atoms. The Morgan fingerprint density at radius 3 is 2.44 bits per heavy atom. The third-order valence-corrected chi connectivity index (χ3v) is 6.61. The van der Waals surface area contributed by atoms with Crippen molar-refractivity contribution < 1.29 is 0 Å². The van der Waals surface area contributed by atoms with Crippen LogP contribution in [-0.2, 0) is 0 Å². The van der Waals surface area contributed by atoms with Gasteiger partial charge in [-0.05, 0) is 63.1 Å². The largest absolute Gasteiger partial charge is 0.368 e. The Hall–Kier alpha value is -3.09. The van der Waals surface area contributed by atoms with Crippen LogP contribution in [0.1, 0.15) is 25.0 Å². The monoisotopic (exact) mass is 477 g/mol. The second-order valence-electron chi connectivity index (χ2n) is 9.04. The summed E-state index contributed by atoms with van der Waals surface area (Å²) in [5.41, 5.74) is 6.19. The van der Waals surface area contributed by atoms with Crippen molar-refractivity contribution in [3.8, 4) is 11.3 Å². The van der Waals surface area contributed by atoms with Gasteiger partial charge in [-0.2, -0.15) is 0 Å². The molecule has 7 heteroatoms. The molecule has 6 nitrogen and oxygen atoms in total. The lowest BCUT2D eigenvalue weighted by Gasteiger charge is -2.38. The summed E-state index contributed by atoms with van der Waals surface area (Å²) in [7, 11) is 0. The minimum Gasteiger partial charge on any atom is -0.368 e. The molecule has 1 saturated heterocycles. The topological polar surface area (TPSA) is 56.6 Å². The van der Waals surface area contributed by atoms with Gasteiger partial charge in [0.25, 0.3) is 0 Å². The number of aromatic nitrogens is 3. The number of aromatic amines is 1. The number of nitrogens with one attached hydrogen (secondary N) is 1. The highest BCUT2D eigenvalue weighted by atomic mass is 35.5. The van der Waals surface area contributed by atoms with Crippen molar-refractivity contribution in [2.45, 2.75) is 33.7 Å². The molecular formula is C27H32ClN5O. The van der Waals surface area contributed by atoms with Crippen molar-refractivity contribution in [2.75, 3.05) is 31.1 Å². The molecule has 0 amide bonds. The fourth-order valence-corrected chi connectivity index (χ4v) is 4.69. The number of nitrogens with zero attached hydrogens (tertiary/aromatic N) is 4. The predicted molar refractivity (Wildman–Crippen MR) is 141 cm³/mol. The van der Waals surface area contributed by atoms with Gasteiger partial charge in [0.15, 0.2) is 0 Å². The van der Waals surface area contributed by atoms with Gasteiger partial charge in [0.05, 0.1) is 16.4 Å². The van der Waals surface area contributed by atoms with E-state index in [4.69, 9.17) is 11.6 Å². The van der Waals surface area contributed by atoms with Crippen LogP contribution < -0.4 is 10.5 Å². The molecule has 5 rings (SSSR count). The van der Waals surface area contributed by atoms with E-state index < -0.39 is 0 Å². The van der Waals surface area contributed by atoms with Crippen LogP contribution in [0.4, 0.5) is 5.69 Å². The number of anilines is 1. The number of fused-ring (bicyclic) bond motifs is 1. The summed E-state index contributed by atoms with van der Waals surface area (Å²) in [6.07, 6.45) is 5.32. The molecule has 3 aromatic heterocycles. The Labute approximate surface area is 205 Å². The predicted octanol–water partition coefficient (Wildman–Crippen LogP) is 5.18. The molecule has 1 aromatic carbocycles. The van der Waals surface area contributed by atoms with Crippen LogP contribution in [0.5, 0.6) is 0 Å². The Morgan fingerprint density at radius 1 is 1.00 bits per heavy atom. The van der Waals surface area contributed by atoms with E-state index in [2.05, 4.69) is 52.7 Å². The summed E-state index contributed by atoms with van der Waals surface area (Å²) in [4.78, 5) is 23.1. The number of aryl methyl sites for hydroxylation is 2. The fraction of sp³-hybridized carbons (Fsp3) is 0.333. The lowest BCUT2D eigenvalue weighted by molar-refractivity contribution is 0.209.